The van der Waals surface area contributed by atoms with Crippen molar-refractivity contribution >= 4 is 34.6 Å². The molecule has 5 rings (SSSR count). The number of nitrogens with two attached hydrogens (primary N) is 1. The fourth-order valence-electron chi connectivity index (χ4n) is 5.85. The van der Waals surface area contributed by atoms with E-state index >= 15 is 0 Å². The van der Waals surface area contributed by atoms with E-state index in [-0.39, 0.29) is 17.8 Å². The maximum atomic E-state index is 13.1. The molecule has 1 amide bonds. The van der Waals surface area contributed by atoms with Crippen LogP contribution in [-0.4, -0.2) is 54.3 Å². The van der Waals surface area contributed by atoms with Gasteiger partial charge in [0, 0.05) is 36.2 Å². The summed E-state index contributed by atoms with van der Waals surface area (Å²) < 4.78 is 0. The number of hydrogen-bond acceptors (Lipinski definition) is 5. The van der Waals surface area contributed by atoms with E-state index in [1.807, 2.05) is 49.1 Å². The Morgan fingerprint density at radius 3 is 2.83 bits per heavy atom. The van der Waals surface area contributed by atoms with Crippen LogP contribution in [0.2, 0.25) is 0 Å². The van der Waals surface area contributed by atoms with Gasteiger partial charge in [0.1, 0.15) is 11.6 Å². The average Bonchev–Trinajstić information content (AvgIpc) is 3.56. The number of carboxylic acids is 1. The third-order valence-electron chi connectivity index (χ3n) is 8.23. The number of hydrogen-bond donors (Lipinski definition) is 6. The molecule has 0 saturated carbocycles. The number of aromatic nitrogens is 4. The van der Waals surface area contributed by atoms with Gasteiger partial charge in [0.05, 0.1) is 35.1 Å². The summed E-state index contributed by atoms with van der Waals surface area (Å²) in [5.74, 6) is 0.00393. The van der Waals surface area contributed by atoms with E-state index in [4.69, 9.17) is 21.1 Å². The van der Waals surface area contributed by atoms with Crippen molar-refractivity contribution in [1.29, 1.82) is 5.41 Å². The number of imidazole rings is 2. The van der Waals surface area contributed by atoms with Gasteiger partial charge in [-0.3, -0.25) is 15.0 Å². The largest absolute Gasteiger partial charge is 0.481 e. The van der Waals surface area contributed by atoms with Gasteiger partial charge < -0.3 is 31.0 Å². The highest BCUT2D eigenvalue weighted by Crippen LogP contribution is 2.42. The molecule has 1 aliphatic heterocycles. The molecule has 210 valence electrons. The zero-order valence-corrected chi connectivity index (χ0v) is 22.8. The number of H-pyrrole nitrogens is 2. The molecule has 0 radical (unpaired) electrons. The predicted molar refractivity (Wildman–Crippen MR) is 153 cm³/mol. The molecule has 3 unspecified atom stereocenters. The maximum absolute atomic E-state index is 13.1. The molecule has 0 saturated heterocycles. The summed E-state index contributed by atoms with van der Waals surface area (Å²) in [5.41, 5.74) is 9.25. The smallest absolute Gasteiger partial charge is 0.311 e. The number of carboxylic acid groups (broad SMARTS) is 1. The Labute approximate surface area is 232 Å². The number of aromatic amines is 2. The summed E-state index contributed by atoms with van der Waals surface area (Å²) >= 11 is 0. The van der Waals surface area contributed by atoms with Crippen LogP contribution in [0.1, 0.15) is 68.5 Å². The Morgan fingerprint density at radius 1 is 1.27 bits per heavy atom. The van der Waals surface area contributed by atoms with E-state index in [1.165, 1.54) is 0 Å². The van der Waals surface area contributed by atoms with Gasteiger partial charge in [0.25, 0.3) is 0 Å². The zero-order chi connectivity index (χ0) is 28.4. The summed E-state index contributed by atoms with van der Waals surface area (Å²) in [7, 11) is 0. The second-order valence-electron chi connectivity index (χ2n) is 10.7. The molecule has 11 heteroatoms. The lowest BCUT2D eigenvalue weighted by Gasteiger charge is -2.36. The number of allylic oxidation sites excluding steroid dienone is 3. The number of carbonyl (C=O) groups excluding carboxylic acids is 1. The molecule has 40 heavy (non-hydrogen) atoms. The van der Waals surface area contributed by atoms with Crippen molar-refractivity contribution in [3.8, 4) is 0 Å². The minimum absolute atomic E-state index is 0.0731. The molecule has 3 heterocycles. The topological polar surface area (TPSA) is 177 Å². The Bertz CT molecular complexity index is 1500. The summed E-state index contributed by atoms with van der Waals surface area (Å²) in [4.78, 5) is 43.2. The molecule has 0 fully saturated rings. The van der Waals surface area contributed by atoms with Crippen LogP contribution >= 0.6 is 0 Å². The fourth-order valence-corrected chi connectivity index (χ4v) is 5.85. The number of carbonyl (C=O) groups is 2. The highest BCUT2D eigenvalue weighted by molar-refractivity contribution is 5.92. The first-order chi connectivity index (χ1) is 19.2. The quantitative estimate of drug-likeness (QED) is 0.174. The van der Waals surface area contributed by atoms with Crippen LogP contribution < -0.4 is 11.1 Å². The Balaban J connectivity index is 1.21. The number of nitrogens with one attached hydrogen (secondary N) is 4. The van der Waals surface area contributed by atoms with Crippen LogP contribution in [0.5, 0.6) is 0 Å². The molecule has 0 spiro atoms. The number of guanidine groups is 1. The van der Waals surface area contributed by atoms with Crippen LogP contribution in [0.25, 0.3) is 11.0 Å². The van der Waals surface area contributed by atoms with Crippen LogP contribution in [-0.2, 0) is 22.6 Å². The molecule has 7 N–H and O–H groups in total. The molecule has 3 atom stereocenters. The Morgan fingerprint density at radius 2 is 2.08 bits per heavy atom. The van der Waals surface area contributed by atoms with Gasteiger partial charge in [-0.1, -0.05) is 31.2 Å². The monoisotopic (exact) mass is 544 g/mol. The zero-order valence-electron chi connectivity index (χ0n) is 22.8. The average molecular weight is 545 g/mol. The number of benzene rings is 1. The van der Waals surface area contributed by atoms with Crippen molar-refractivity contribution in [1.82, 2.24) is 24.8 Å². The molecule has 2 aromatic heterocycles. The summed E-state index contributed by atoms with van der Waals surface area (Å²) in [6.07, 6.45) is 10.5. The van der Waals surface area contributed by atoms with E-state index in [0.29, 0.717) is 50.9 Å². The number of amides is 1. The Kier molecular flexibility index (Phi) is 7.46. The number of aliphatic carboxylic acids is 1. The van der Waals surface area contributed by atoms with Gasteiger partial charge in [-0.25, -0.2) is 9.97 Å². The van der Waals surface area contributed by atoms with Gasteiger partial charge in [-0.2, -0.15) is 0 Å². The number of fused-ring (bicyclic) bond motifs is 2. The predicted octanol–water partition coefficient (Wildman–Crippen LogP) is 4.02. The van der Waals surface area contributed by atoms with Crippen molar-refractivity contribution < 1.29 is 14.7 Å². The van der Waals surface area contributed by atoms with Gasteiger partial charge in [-0.05, 0) is 44.4 Å². The second-order valence-corrected chi connectivity index (χ2v) is 10.7. The SMILES string of the molecule is CCC1(CCCC(=O)N2CCc3[nH]c(C(C)c4nc5cc(NC(=N)N)ccc5[nH]4)nc3C2)C=CC=CC1C(=O)O. The minimum atomic E-state index is -0.821. The van der Waals surface area contributed by atoms with E-state index in [2.05, 4.69) is 15.3 Å². The third kappa shape index (κ3) is 5.36. The first-order valence-electron chi connectivity index (χ1n) is 13.7. The summed E-state index contributed by atoms with van der Waals surface area (Å²) in [6, 6.07) is 5.57. The number of nitrogens with zero attached hydrogens (tertiary/aromatic N) is 3. The van der Waals surface area contributed by atoms with Crippen LogP contribution in [0, 0.1) is 16.7 Å². The highest BCUT2D eigenvalue weighted by Gasteiger charge is 2.39. The minimum Gasteiger partial charge on any atom is -0.481 e. The molecular formula is C29H36N8O3. The molecule has 0 bridgehead atoms. The van der Waals surface area contributed by atoms with Crippen LogP contribution in [0.4, 0.5) is 5.69 Å². The van der Waals surface area contributed by atoms with E-state index < -0.39 is 17.3 Å². The molecule has 1 aliphatic carbocycles. The van der Waals surface area contributed by atoms with Crippen LogP contribution in [0.3, 0.4) is 0 Å². The normalized spacial score (nSPS) is 20.9. The lowest BCUT2D eigenvalue weighted by Crippen LogP contribution is -2.37. The third-order valence-corrected chi connectivity index (χ3v) is 8.23. The molecular weight excluding hydrogens is 508 g/mol. The first-order valence-corrected chi connectivity index (χ1v) is 13.7. The molecule has 1 aromatic carbocycles. The number of rotatable bonds is 9. The first kappa shape index (κ1) is 27.2. The van der Waals surface area contributed by atoms with Crippen molar-refractivity contribution in [2.45, 2.75) is 58.4 Å². The standard InChI is InChI=1S/C29H36N8O3/c1-3-29(12-5-4-7-19(29)27(39)40)13-6-8-24(38)37-14-11-21-23(16-37)36-26(34-21)17(2)25-33-20-10-9-18(32-28(30)31)15-22(20)35-25/h4-5,7,9-10,12,15,17,19H,3,6,8,11,13-14,16H2,1-2H3,(H,33,35)(H,34,36)(H,39,40)(H4,30,31,32). The second kappa shape index (κ2) is 11.0. The fraction of sp³-hybridized carbons (Fsp3) is 0.414. The van der Waals surface area contributed by atoms with Gasteiger partial charge in [0.2, 0.25) is 5.91 Å². The Hall–Kier alpha value is -4.41. The van der Waals surface area contributed by atoms with E-state index in [1.54, 1.807) is 12.2 Å². The summed E-state index contributed by atoms with van der Waals surface area (Å²) in [6.45, 7) is 5.12. The molecule has 11 nitrogen and oxygen atoms in total. The number of anilines is 1. The summed E-state index contributed by atoms with van der Waals surface area (Å²) in [5, 5.41) is 19.9. The van der Waals surface area contributed by atoms with Crippen molar-refractivity contribution in [2.24, 2.45) is 17.1 Å². The van der Waals surface area contributed by atoms with E-state index in [9.17, 15) is 14.7 Å². The van der Waals surface area contributed by atoms with Gasteiger partial charge in [-0.15, -0.1) is 0 Å². The molecule has 2 aliphatic rings. The molecule has 3 aromatic rings. The van der Waals surface area contributed by atoms with Crippen LogP contribution in [0.15, 0.2) is 42.5 Å². The highest BCUT2D eigenvalue weighted by atomic mass is 16.4. The lowest BCUT2D eigenvalue weighted by atomic mass is 9.68. The van der Waals surface area contributed by atoms with E-state index in [0.717, 1.165) is 34.1 Å². The van der Waals surface area contributed by atoms with Crippen molar-refractivity contribution in [3.63, 3.8) is 0 Å². The lowest BCUT2D eigenvalue weighted by molar-refractivity contribution is -0.143. The van der Waals surface area contributed by atoms with Gasteiger partial charge in [0.15, 0.2) is 5.96 Å². The van der Waals surface area contributed by atoms with Gasteiger partial charge >= 0.3 is 5.97 Å². The van der Waals surface area contributed by atoms with Crippen molar-refractivity contribution in [2.75, 3.05) is 11.9 Å². The van der Waals surface area contributed by atoms with Crippen molar-refractivity contribution in [3.05, 3.63) is 65.5 Å². The maximum Gasteiger partial charge on any atom is 0.311 e.